The molecule has 3 aromatic carbocycles. The van der Waals surface area contributed by atoms with Crippen LogP contribution in [0.5, 0.6) is 11.5 Å². The Hall–Kier alpha value is -2.30. The van der Waals surface area contributed by atoms with E-state index in [2.05, 4.69) is 51.5 Å². The zero-order valence-corrected chi connectivity index (χ0v) is 24.8. The molecule has 0 radical (unpaired) electrons. The lowest BCUT2D eigenvalue weighted by molar-refractivity contribution is -0.121. The highest BCUT2D eigenvalue weighted by molar-refractivity contribution is 14.1. The van der Waals surface area contributed by atoms with Crippen LogP contribution in [0.2, 0.25) is 0 Å². The van der Waals surface area contributed by atoms with E-state index in [1.54, 1.807) is 11.9 Å². The van der Waals surface area contributed by atoms with Gasteiger partial charge in [-0.05, 0) is 101 Å². The lowest BCUT2D eigenvalue weighted by atomic mass is 10.1. The minimum Gasteiger partial charge on any atom is -0.490 e. The molecular formula is C28H26BrIN2O3S. The van der Waals surface area contributed by atoms with Gasteiger partial charge < -0.3 is 9.47 Å². The maximum absolute atomic E-state index is 13.0. The molecule has 0 spiro atoms. The van der Waals surface area contributed by atoms with E-state index >= 15 is 0 Å². The molecule has 1 aliphatic rings. The fourth-order valence-corrected chi connectivity index (χ4v) is 5.66. The Bertz CT molecular complexity index is 1320. The summed E-state index contributed by atoms with van der Waals surface area (Å²) in [5, 5.41) is 0.668. The number of carbonyl (C=O) groups is 1. The number of thioether (sulfide) groups is 1. The van der Waals surface area contributed by atoms with E-state index in [-0.39, 0.29) is 5.91 Å². The molecule has 3 aromatic rings. The van der Waals surface area contributed by atoms with E-state index in [1.165, 1.54) is 11.8 Å². The Morgan fingerprint density at radius 3 is 2.56 bits per heavy atom. The zero-order chi connectivity index (χ0) is 25.7. The van der Waals surface area contributed by atoms with Crippen LogP contribution in [0.3, 0.4) is 0 Å². The molecule has 8 heteroatoms. The van der Waals surface area contributed by atoms with Crippen molar-refractivity contribution in [2.24, 2.45) is 4.99 Å². The predicted octanol–water partition coefficient (Wildman–Crippen LogP) is 7.83. The number of rotatable bonds is 8. The summed E-state index contributed by atoms with van der Waals surface area (Å²) in [7, 11) is 1.76. The molecule has 0 unspecified atom stereocenters. The van der Waals surface area contributed by atoms with Gasteiger partial charge in [-0.25, -0.2) is 4.99 Å². The molecule has 186 valence electrons. The van der Waals surface area contributed by atoms with Crippen LogP contribution >= 0.6 is 50.3 Å². The topological polar surface area (TPSA) is 51.1 Å². The number of hydrogen-bond acceptors (Lipinski definition) is 5. The predicted molar refractivity (Wildman–Crippen MR) is 160 cm³/mol. The summed E-state index contributed by atoms with van der Waals surface area (Å²) in [6, 6.07) is 20.0. The van der Waals surface area contributed by atoms with Crippen LogP contribution in [0.1, 0.15) is 30.5 Å². The van der Waals surface area contributed by atoms with Crippen molar-refractivity contribution in [1.82, 2.24) is 4.90 Å². The van der Waals surface area contributed by atoms with Crippen molar-refractivity contribution in [3.63, 3.8) is 0 Å². The van der Waals surface area contributed by atoms with E-state index in [0.717, 1.165) is 36.8 Å². The van der Waals surface area contributed by atoms with Crippen LogP contribution < -0.4 is 9.47 Å². The van der Waals surface area contributed by atoms with Crippen LogP contribution in [0.25, 0.3) is 6.08 Å². The van der Waals surface area contributed by atoms with Crippen LogP contribution in [0, 0.1) is 3.57 Å². The van der Waals surface area contributed by atoms with Crippen molar-refractivity contribution in [2.75, 3.05) is 13.7 Å². The number of hydrogen-bond donors (Lipinski definition) is 0. The Morgan fingerprint density at radius 2 is 1.83 bits per heavy atom. The number of aryl methyl sites for hydroxylation is 1. The summed E-state index contributed by atoms with van der Waals surface area (Å²) >= 11 is 7.10. The van der Waals surface area contributed by atoms with E-state index in [1.807, 2.05) is 67.6 Å². The van der Waals surface area contributed by atoms with Crippen LogP contribution in [0.4, 0.5) is 5.69 Å². The van der Waals surface area contributed by atoms with Gasteiger partial charge in [0.25, 0.3) is 5.91 Å². The average molecular weight is 677 g/mol. The van der Waals surface area contributed by atoms with Crippen LogP contribution in [-0.2, 0) is 17.8 Å². The van der Waals surface area contributed by atoms with Gasteiger partial charge in [-0.2, -0.15) is 0 Å². The third-order valence-corrected chi connectivity index (χ3v) is 7.91. The van der Waals surface area contributed by atoms with Crippen molar-refractivity contribution >= 4 is 73.1 Å². The first-order valence-electron chi connectivity index (χ1n) is 11.6. The molecule has 0 aliphatic carbocycles. The lowest BCUT2D eigenvalue weighted by Crippen LogP contribution is -2.23. The minimum absolute atomic E-state index is 0.0729. The molecule has 0 bridgehead atoms. The maximum Gasteiger partial charge on any atom is 0.266 e. The molecule has 1 amide bonds. The van der Waals surface area contributed by atoms with E-state index < -0.39 is 0 Å². The monoisotopic (exact) mass is 676 g/mol. The fraction of sp³-hybridized carbons (Fsp3) is 0.214. The van der Waals surface area contributed by atoms with Gasteiger partial charge in [-0.15, -0.1) is 0 Å². The van der Waals surface area contributed by atoms with Gasteiger partial charge in [0.05, 0.1) is 20.8 Å². The normalized spacial score (nSPS) is 15.7. The highest BCUT2D eigenvalue weighted by atomic mass is 127. The molecule has 1 fully saturated rings. The number of halogens is 2. The number of likely N-dealkylation sites (N-methyl/N-ethyl adjacent to an activating group) is 1. The van der Waals surface area contributed by atoms with Crippen molar-refractivity contribution in [2.45, 2.75) is 26.9 Å². The molecule has 36 heavy (non-hydrogen) atoms. The van der Waals surface area contributed by atoms with Gasteiger partial charge >= 0.3 is 0 Å². The van der Waals surface area contributed by atoms with Gasteiger partial charge in [0.2, 0.25) is 0 Å². The van der Waals surface area contributed by atoms with E-state index in [9.17, 15) is 4.79 Å². The zero-order valence-electron chi connectivity index (χ0n) is 20.3. The van der Waals surface area contributed by atoms with Gasteiger partial charge in [0, 0.05) is 11.5 Å². The maximum atomic E-state index is 13.0. The molecule has 0 atom stereocenters. The Labute approximate surface area is 238 Å². The van der Waals surface area contributed by atoms with Gasteiger partial charge in [0.15, 0.2) is 16.7 Å². The number of amides is 1. The number of para-hydroxylation sites is 1. The SMILES string of the molecule is CCOc1cc(/C=C2/SC(=Nc3ccccc3CC)N(C)C2=O)cc(I)c1OCc1ccc(Br)cc1. The molecule has 0 aromatic heterocycles. The molecule has 1 aliphatic heterocycles. The summed E-state index contributed by atoms with van der Waals surface area (Å²) in [5.41, 5.74) is 3.98. The number of carbonyl (C=O) groups excluding carboxylic acids is 1. The number of benzene rings is 3. The number of aliphatic imine (C=N–C) groups is 1. The van der Waals surface area contributed by atoms with Crippen molar-refractivity contribution in [3.05, 3.63) is 90.3 Å². The first kappa shape index (κ1) is 26.8. The largest absolute Gasteiger partial charge is 0.490 e. The summed E-state index contributed by atoms with van der Waals surface area (Å²) in [5.74, 6) is 1.28. The second kappa shape index (κ2) is 12.3. The molecule has 4 rings (SSSR count). The molecule has 1 heterocycles. The summed E-state index contributed by atoms with van der Waals surface area (Å²) < 4.78 is 14.0. The molecule has 5 nitrogen and oxygen atoms in total. The highest BCUT2D eigenvalue weighted by Gasteiger charge is 2.30. The number of ether oxygens (including phenoxy) is 2. The average Bonchev–Trinajstić information content (AvgIpc) is 3.12. The fourth-order valence-electron chi connectivity index (χ4n) is 3.64. The van der Waals surface area contributed by atoms with Crippen molar-refractivity contribution in [3.8, 4) is 11.5 Å². The summed E-state index contributed by atoms with van der Waals surface area (Å²) in [6.45, 7) is 4.99. The van der Waals surface area contributed by atoms with Crippen LogP contribution in [-0.4, -0.2) is 29.6 Å². The minimum atomic E-state index is -0.0729. The van der Waals surface area contributed by atoms with Gasteiger partial charge in [-0.3, -0.25) is 9.69 Å². The molecular weight excluding hydrogens is 651 g/mol. The van der Waals surface area contributed by atoms with Crippen molar-refractivity contribution < 1.29 is 14.3 Å². The number of nitrogens with zero attached hydrogens (tertiary/aromatic N) is 2. The smallest absolute Gasteiger partial charge is 0.266 e. The Kier molecular flexibility index (Phi) is 9.14. The number of amidine groups is 1. The standard InChI is InChI=1S/C28H26BrIN2O3S/c1-4-20-8-6-7-9-23(20)31-28-32(3)27(33)25(36-28)16-19-14-22(30)26(24(15-19)34-5-2)35-17-18-10-12-21(29)13-11-18/h6-16H,4-5,17H2,1-3H3/b25-16+,31-28?. The molecule has 0 saturated carbocycles. The lowest BCUT2D eigenvalue weighted by Gasteiger charge is -2.15. The summed E-state index contributed by atoms with van der Waals surface area (Å²) in [4.78, 5) is 20.0. The first-order chi connectivity index (χ1) is 17.4. The molecule has 1 saturated heterocycles. The van der Waals surface area contributed by atoms with E-state index in [0.29, 0.717) is 34.8 Å². The van der Waals surface area contributed by atoms with Gasteiger partial charge in [-0.1, -0.05) is 53.2 Å². The first-order valence-corrected chi connectivity index (χ1v) is 14.3. The van der Waals surface area contributed by atoms with Crippen LogP contribution in [0.15, 0.2) is 75.0 Å². The molecule has 0 N–H and O–H groups in total. The highest BCUT2D eigenvalue weighted by Crippen LogP contribution is 2.38. The van der Waals surface area contributed by atoms with E-state index in [4.69, 9.17) is 14.5 Å². The Balaban J connectivity index is 1.59. The third kappa shape index (κ3) is 6.33. The second-order valence-corrected chi connectivity index (χ2v) is 11.1. The van der Waals surface area contributed by atoms with Gasteiger partial charge in [0.1, 0.15) is 6.61 Å². The summed E-state index contributed by atoms with van der Waals surface area (Å²) in [6.07, 6.45) is 2.77. The third-order valence-electron chi connectivity index (χ3n) is 5.52. The quantitative estimate of drug-likeness (QED) is 0.180. The van der Waals surface area contributed by atoms with Crippen molar-refractivity contribution in [1.29, 1.82) is 0 Å². The Morgan fingerprint density at radius 1 is 1.08 bits per heavy atom. The second-order valence-electron chi connectivity index (χ2n) is 8.03.